The van der Waals surface area contributed by atoms with Gasteiger partial charge in [0.1, 0.15) is 13.2 Å². The van der Waals surface area contributed by atoms with Gasteiger partial charge in [-0.25, -0.2) is 0 Å². The minimum Gasteiger partial charge on any atom is -0.462 e. The predicted molar refractivity (Wildman–Crippen MR) is 270 cm³/mol. The number of hydrogen-bond acceptors (Lipinski definition) is 6. The largest absolute Gasteiger partial charge is 0.462 e. The van der Waals surface area contributed by atoms with Crippen LogP contribution in [-0.2, 0) is 28.6 Å². The van der Waals surface area contributed by atoms with Crippen LogP contribution in [-0.4, -0.2) is 37.2 Å². The van der Waals surface area contributed by atoms with Gasteiger partial charge in [0.15, 0.2) is 6.10 Å². The highest BCUT2D eigenvalue weighted by Gasteiger charge is 2.19. The van der Waals surface area contributed by atoms with Crippen molar-refractivity contribution in [3.63, 3.8) is 0 Å². The highest BCUT2D eigenvalue weighted by Crippen LogP contribution is 2.13. The average Bonchev–Trinajstić information content (AvgIpc) is 3.28. The van der Waals surface area contributed by atoms with Gasteiger partial charge in [0.2, 0.25) is 0 Å². The highest BCUT2D eigenvalue weighted by molar-refractivity contribution is 5.71. The predicted octanol–water partition coefficient (Wildman–Crippen LogP) is 17.2. The van der Waals surface area contributed by atoms with E-state index in [1.54, 1.807) is 0 Å². The van der Waals surface area contributed by atoms with Crippen molar-refractivity contribution in [2.45, 2.75) is 245 Å². The number of rotatable bonds is 46. The lowest BCUT2D eigenvalue weighted by Crippen LogP contribution is -2.30. The lowest BCUT2D eigenvalue weighted by atomic mass is 10.1. The first-order chi connectivity index (χ1) is 31.0. The fourth-order valence-electron chi connectivity index (χ4n) is 6.94. The van der Waals surface area contributed by atoms with Crippen LogP contribution in [0, 0.1) is 0 Å². The fraction of sp³-hybridized carbons (Fsp3) is 0.702. The zero-order valence-electron chi connectivity index (χ0n) is 41.1. The minimum atomic E-state index is -0.822. The maximum atomic E-state index is 12.8. The number of unbranched alkanes of at least 4 members (excludes halogenated alkanes) is 21. The summed E-state index contributed by atoms with van der Waals surface area (Å²) < 4.78 is 16.7. The second-order valence-electron chi connectivity index (χ2n) is 17.0. The molecule has 0 spiro atoms. The molecule has 0 aromatic heterocycles. The number of ether oxygens (including phenoxy) is 3. The van der Waals surface area contributed by atoms with Crippen LogP contribution in [0.4, 0.5) is 0 Å². The maximum absolute atomic E-state index is 12.8. The minimum absolute atomic E-state index is 0.113. The molecule has 0 amide bonds. The van der Waals surface area contributed by atoms with Gasteiger partial charge in [0, 0.05) is 19.3 Å². The molecular weight excluding hydrogens is 781 g/mol. The molecule has 63 heavy (non-hydrogen) atoms. The third-order valence-corrected chi connectivity index (χ3v) is 10.9. The Morgan fingerprint density at radius 1 is 0.333 bits per heavy atom. The molecular formula is C57H96O6. The summed E-state index contributed by atoms with van der Waals surface area (Å²) >= 11 is 0. The van der Waals surface area contributed by atoms with Crippen LogP contribution in [0.5, 0.6) is 0 Å². The van der Waals surface area contributed by atoms with Gasteiger partial charge in [0.05, 0.1) is 0 Å². The van der Waals surface area contributed by atoms with Crippen molar-refractivity contribution in [3.8, 4) is 0 Å². The smallest absolute Gasteiger partial charge is 0.306 e. The van der Waals surface area contributed by atoms with Gasteiger partial charge >= 0.3 is 17.9 Å². The Morgan fingerprint density at radius 3 is 1.08 bits per heavy atom. The molecule has 0 fully saturated rings. The molecule has 6 nitrogen and oxygen atoms in total. The zero-order valence-corrected chi connectivity index (χ0v) is 41.1. The second-order valence-corrected chi connectivity index (χ2v) is 17.0. The lowest BCUT2D eigenvalue weighted by Gasteiger charge is -2.18. The van der Waals surface area contributed by atoms with Gasteiger partial charge in [-0.15, -0.1) is 0 Å². The van der Waals surface area contributed by atoms with Gasteiger partial charge in [-0.05, 0) is 96.3 Å². The van der Waals surface area contributed by atoms with Crippen LogP contribution >= 0.6 is 0 Å². The Bertz CT molecular complexity index is 1240. The molecule has 0 bridgehead atoms. The standard InChI is InChI=1S/C57H96O6/c1-4-7-10-13-16-19-22-24-26-28-29-31-32-35-38-41-44-47-50-56(59)62-53-54(52-61-55(58)49-46-43-40-37-34-21-18-15-12-9-6-3)63-57(60)51-48-45-42-39-36-33-30-27-25-23-20-17-14-11-8-5-2/h8,11,15,17-18,20,25,27,29,31,33,36,42,45,54H,4-7,9-10,12-14,16,19,21-24,26,28,30,32,34-35,37-41,43-44,46-53H2,1-3H3/b11-8-,18-15-,20-17-,27-25-,31-29-,36-33-,45-42-. The molecule has 0 N–H and O–H groups in total. The number of carbonyl (C=O) groups excluding carboxylic acids is 3. The van der Waals surface area contributed by atoms with Crippen molar-refractivity contribution in [2.75, 3.05) is 13.2 Å². The van der Waals surface area contributed by atoms with Crippen molar-refractivity contribution < 1.29 is 28.6 Å². The number of allylic oxidation sites excluding steroid dienone is 14. The second kappa shape index (κ2) is 51.2. The van der Waals surface area contributed by atoms with Gasteiger partial charge < -0.3 is 14.2 Å². The first-order valence-electron chi connectivity index (χ1n) is 26.1. The Labute approximate surface area is 388 Å². The lowest BCUT2D eigenvalue weighted by molar-refractivity contribution is -0.166. The topological polar surface area (TPSA) is 78.9 Å². The van der Waals surface area contributed by atoms with Crippen LogP contribution in [0.1, 0.15) is 239 Å². The van der Waals surface area contributed by atoms with Crippen LogP contribution in [0.3, 0.4) is 0 Å². The fourth-order valence-corrected chi connectivity index (χ4v) is 6.94. The third kappa shape index (κ3) is 49.5. The summed E-state index contributed by atoms with van der Waals surface area (Å²) in [4.78, 5) is 37.9. The van der Waals surface area contributed by atoms with Gasteiger partial charge in [-0.2, -0.15) is 0 Å². The summed E-state index contributed by atoms with van der Waals surface area (Å²) in [5.74, 6) is -1.02. The summed E-state index contributed by atoms with van der Waals surface area (Å²) in [5.41, 5.74) is 0. The number of carbonyl (C=O) groups is 3. The molecule has 0 radical (unpaired) electrons. The first-order valence-corrected chi connectivity index (χ1v) is 26.1. The molecule has 0 saturated heterocycles. The van der Waals surface area contributed by atoms with Crippen molar-refractivity contribution in [1.82, 2.24) is 0 Å². The summed E-state index contributed by atoms with van der Waals surface area (Å²) in [6, 6.07) is 0. The van der Waals surface area contributed by atoms with E-state index in [0.29, 0.717) is 19.3 Å². The van der Waals surface area contributed by atoms with E-state index in [2.05, 4.69) is 93.7 Å². The summed E-state index contributed by atoms with van der Waals surface area (Å²) in [6.45, 7) is 6.41. The molecule has 0 aromatic carbocycles. The molecule has 0 aliphatic carbocycles. The van der Waals surface area contributed by atoms with Crippen LogP contribution < -0.4 is 0 Å². The molecule has 0 heterocycles. The Hall–Kier alpha value is -3.41. The third-order valence-electron chi connectivity index (χ3n) is 10.9. The van der Waals surface area contributed by atoms with Crippen molar-refractivity contribution in [1.29, 1.82) is 0 Å². The van der Waals surface area contributed by atoms with E-state index in [0.717, 1.165) is 96.3 Å². The molecule has 0 aliphatic heterocycles. The monoisotopic (exact) mass is 877 g/mol. The van der Waals surface area contributed by atoms with Crippen molar-refractivity contribution in [2.24, 2.45) is 0 Å². The van der Waals surface area contributed by atoms with E-state index < -0.39 is 12.1 Å². The SMILES string of the molecule is CC/C=C\C/C=C\C/C=C\C/C=C\C/C=C\CCC(=O)OC(COC(=O)CCCCCCC/C=C\CCCC)COC(=O)CCCCCCC/C=C\CCCCCCCCCCC. The number of esters is 3. The van der Waals surface area contributed by atoms with E-state index in [4.69, 9.17) is 14.2 Å². The Balaban J connectivity index is 4.47. The summed E-state index contributed by atoms with van der Waals surface area (Å²) in [7, 11) is 0. The van der Waals surface area contributed by atoms with Crippen molar-refractivity contribution >= 4 is 17.9 Å². The van der Waals surface area contributed by atoms with Crippen LogP contribution in [0.25, 0.3) is 0 Å². The van der Waals surface area contributed by atoms with E-state index in [-0.39, 0.29) is 31.6 Å². The Kier molecular flexibility index (Phi) is 48.5. The molecule has 1 unspecified atom stereocenters. The molecule has 0 aromatic rings. The van der Waals surface area contributed by atoms with Gasteiger partial charge in [-0.1, -0.05) is 209 Å². The molecule has 6 heteroatoms. The van der Waals surface area contributed by atoms with E-state index in [1.165, 1.54) is 96.3 Å². The van der Waals surface area contributed by atoms with E-state index >= 15 is 0 Å². The number of hydrogen-bond donors (Lipinski definition) is 0. The van der Waals surface area contributed by atoms with Gasteiger partial charge in [0.25, 0.3) is 0 Å². The van der Waals surface area contributed by atoms with Gasteiger partial charge in [-0.3, -0.25) is 14.4 Å². The zero-order chi connectivity index (χ0) is 45.8. The van der Waals surface area contributed by atoms with E-state index in [9.17, 15) is 14.4 Å². The molecule has 1 atom stereocenters. The quantitative estimate of drug-likeness (QED) is 0.0262. The Morgan fingerprint density at radius 2 is 0.667 bits per heavy atom. The average molecular weight is 877 g/mol. The molecule has 0 aliphatic rings. The first kappa shape index (κ1) is 59.6. The summed E-state index contributed by atoms with van der Waals surface area (Å²) in [6.07, 6.45) is 65.8. The maximum Gasteiger partial charge on any atom is 0.306 e. The van der Waals surface area contributed by atoms with Crippen LogP contribution in [0.15, 0.2) is 85.1 Å². The normalized spacial score (nSPS) is 12.7. The highest BCUT2D eigenvalue weighted by atomic mass is 16.6. The summed E-state index contributed by atoms with van der Waals surface area (Å²) in [5, 5.41) is 0. The molecule has 360 valence electrons. The van der Waals surface area contributed by atoms with Crippen LogP contribution in [0.2, 0.25) is 0 Å². The molecule has 0 saturated carbocycles. The van der Waals surface area contributed by atoms with Crippen molar-refractivity contribution in [3.05, 3.63) is 85.1 Å². The molecule has 0 rings (SSSR count). The van der Waals surface area contributed by atoms with E-state index in [1.807, 2.05) is 12.2 Å².